The van der Waals surface area contributed by atoms with E-state index in [1.807, 2.05) is 0 Å². The van der Waals surface area contributed by atoms with Crippen LogP contribution in [0.4, 0.5) is 0 Å². The van der Waals surface area contributed by atoms with Gasteiger partial charge in [0.25, 0.3) is 0 Å². The zero-order chi connectivity index (χ0) is 12.4. The van der Waals surface area contributed by atoms with Crippen LogP contribution in [0.5, 0.6) is 0 Å². The van der Waals surface area contributed by atoms with Gasteiger partial charge in [0, 0.05) is 12.8 Å². The Hall–Kier alpha value is -0.920. The van der Waals surface area contributed by atoms with Crippen LogP contribution in [0.2, 0.25) is 0 Å². The Bertz CT molecular complexity index is 338. The molecule has 0 heterocycles. The Morgan fingerprint density at radius 3 is 2.41 bits per heavy atom. The molecule has 94 valence electrons. The zero-order valence-electron chi connectivity index (χ0n) is 10.9. The largest absolute Gasteiger partial charge is 0.299 e. The summed E-state index contributed by atoms with van der Waals surface area (Å²) in [5, 5.41) is 0. The van der Waals surface area contributed by atoms with Crippen molar-refractivity contribution in [2.75, 3.05) is 0 Å². The maximum absolute atomic E-state index is 11.6. The second kappa shape index (κ2) is 5.16. The first kappa shape index (κ1) is 12.5. The number of hydrogen-bond acceptors (Lipinski definition) is 2. The SMILES string of the molecule is CC1=CCC(C(C)CC2C(=O)CCC2=O)CC1. The third-order valence-corrected chi connectivity index (χ3v) is 4.49. The Labute approximate surface area is 103 Å². The average Bonchev–Trinajstić information content (AvgIpc) is 2.61. The van der Waals surface area contributed by atoms with E-state index in [0.717, 1.165) is 12.8 Å². The number of allylic oxidation sites excluding steroid dienone is 2. The predicted molar refractivity (Wildman–Crippen MR) is 67.6 cm³/mol. The number of rotatable bonds is 3. The molecule has 2 heteroatoms. The standard InChI is InChI=1S/C15H22O2/c1-10-3-5-12(6-4-10)11(2)9-13-14(16)7-8-15(13)17/h3,11-13H,4-9H2,1-2H3. The van der Waals surface area contributed by atoms with E-state index in [1.54, 1.807) is 0 Å². The van der Waals surface area contributed by atoms with Crippen LogP contribution in [0.3, 0.4) is 0 Å². The highest BCUT2D eigenvalue weighted by atomic mass is 16.2. The van der Waals surface area contributed by atoms with Gasteiger partial charge < -0.3 is 0 Å². The number of ketones is 2. The van der Waals surface area contributed by atoms with Crippen molar-refractivity contribution in [1.29, 1.82) is 0 Å². The molecule has 2 unspecified atom stereocenters. The summed E-state index contributed by atoms with van der Waals surface area (Å²) in [5.41, 5.74) is 1.49. The molecule has 0 saturated heterocycles. The first-order valence-corrected chi connectivity index (χ1v) is 6.79. The molecular weight excluding hydrogens is 212 g/mol. The Morgan fingerprint density at radius 2 is 1.88 bits per heavy atom. The van der Waals surface area contributed by atoms with Crippen LogP contribution < -0.4 is 0 Å². The van der Waals surface area contributed by atoms with Gasteiger partial charge in [-0.15, -0.1) is 0 Å². The van der Waals surface area contributed by atoms with Crippen LogP contribution >= 0.6 is 0 Å². The lowest BCUT2D eigenvalue weighted by atomic mass is 9.77. The number of carbonyl (C=O) groups excluding carboxylic acids is 2. The molecule has 2 rings (SSSR count). The summed E-state index contributed by atoms with van der Waals surface area (Å²) in [4.78, 5) is 23.2. The molecule has 1 saturated carbocycles. The lowest BCUT2D eigenvalue weighted by molar-refractivity contribution is -0.127. The van der Waals surface area contributed by atoms with E-state index in [9.17, 15) is 9.59 Å². The van der Waals surface area contributed by atoms with Crippen molar-refractivity contribution >= 4 is 11.6 Å². The van der Waals surface area contributed by atoms with E-state index >= 15 is 0 Å². The van der Waals surface area contributed by atoms with Crippen molar-refractivity contribution in [3.8, 4) is 0 Å². The second-order valence-electron chi connectivity index (χ2n) is 5.78. The van der Waals surface area contributed by atoms with Crippen LogP contribution in [0.1, 0.15) is 52.4 Å². The molecule has 0 aliphatic heterocycles. The Balaban J connectivity index is 1.91. The lowest BCUT2D eigenvalue weighted by Crippen LogP contribution is -2.22. The molecule has 2 nitrogen and oxygen atoms in total. The second-order valence-corrected chi connectivity index (χ2v) is 5.78. The van der Waals surface area contributed by atoms with Crippen LogP contribution in [0, 0.1) is 17.8 Å². The Kier molecular flexibility index (Phi) is 3.80. The van der Waals surface area contributed by atoms with E-state index in [2.05, 4.69) is 19.9 Å². The summed E-state index contributed by atoms with van der Waals surface area (Å²) < 4.78 is 0. The molecule has 0 aromatic carbocycles. The van der Waals surface area contributed by atoms with Gasteiger partial charge in [0.1, 0.15) is 11.6 Å². The lowest BCUT2D eigenvalue weighted by Gasteiger charge is -2.27. The van der Waals surface area contributed by atoms with Crippen molar-refractivity contribution in [2.24, 2.45) is 17.8 Å². The first-order valence-electron chi connectivity index (χ1n) is 6.79. The van der Waals surface area contributed by atoms with Crippen molar-refractivity contribution in [3.63, 3.8) is 0 Å². The summed E-state index contributed by atoms with van der Waals surface area (Å²) in [5.74, 6) is 1.26. The van der Waals surface area contributed by atoms with Gasteiger partial charge in [0.2, 0.25) is 0 Å². The third kappa shape index (κ3) is 2.85. The monoisotopic (exact) mass is 234 g/mol. The maximum atomic E-state index is 11.6. The molecule has 0 aromatic heterocycles. The molecule has 2 atom stereocenters. The highest BCUT2D eigenvalue weighted by Gasteiger charge is 2.35. The fourth-order valence-corrected chi connectivity index (χ4v) is 3.10. The van der Waals surface area contributed by atoms with Gasteiger partial charge >= 0.3 is 0 Å². The van der Waals surface area contributed by atoms with E-state index in [0.29, 0.717) is 24.7 Å². The van der Waals surface area contributed by atoms with Gasteiger partial charge in [-0.05, 0) is 44.4 Å². The minimum atomic E-state index is -0.267. The zero-order valence-corrected chi connectivity index (χ0v) is 10.9. The average molecular weight is 234 g/mol. The molecule has 2 aliphatic rings. The molecule has 2 aliphatic carbocycles. The summed E-state index contributed by atoms with van der Waals surface area (Å²) in [6, 6.07) is 0. The normalized spacial score (nSPS) is 28.4. The van der Waals surface area contributed by atoms with E-state index < -0.39 is 0 Å². The van der Waals surface area contributed by atoms with Gasteiger partial charge in [0.15, 0.2) is 0 Å². The Morgan fingerprint density at radius 1 is 1.24 bits per heavy atom. The molecule has 0 N–H and O–H groups in total. The van der Waals surface area contributed by atoms with Crippen molar-refractivity contribution in [3.05, 3.63) is 11.6 Å². The molecule has 1 fully saturated rings. The highest BCUT2D eigenvalue weighted by Crippen LogP contribution is 2.34. The summed E-state index contributed by atoms with van der Waals surface area (Å²) >= 11 is 0. The predicted octanol–water partition coefficient (Wildman–Crippen LogP) is 3.31. The van der Waals surface area contributed by atoms with E-state index in [1.165, 1.54) is 18.4 Å². The first-order chi connectivity index (χ1) is 8.08. The van der Waals surface area contributed by atoms with E-state index in [-0.39, 0.29) is 17.5 Å². The van der Waals surface area contributed by atoms with Crippen molar-refractivity contribution in [1.82, 2.24) is 0 Å². The van der Waals surface area contributed by atoms with Crippen LogP contribution in [0.15, 0.2) is 11.6 Å². The number of carbonyl (C=O) groups is 2. The van der Waals surface area contributed by atoms with Crippen LogP contribution in [-0.2, 0) is 9.59 Å². The van der Waals surface area contributed by atoms with Crippen molar-refractivity contribution in [2.45, 2.75) is 52.4 Å². The quantitative estimate of drug-likeness (QED) is 0.554. The van der Waals surface area contributed by atoms with Crippen LogP contribution in [0.25, 0.3) is 0 Å². The molecule has 0 bridgehead atoms. The van der Waals surface area contributed by atoms with Gasteiger partial charge in [0.05, 0.1) is 5.92 Å². The van der Waals surface area contributed by atoms with E-state index in [4.69, 9.17) is 0 Å². The van der Waals surface area contributed by atoms with Gasteiger partial charge in [-0.2, -0.15) is 0 Å². The minimum Gasteiger partial charge on any atom is -0.299 e. The summed E-state index contributed by atoms with van der Waals surface area (Å²) in [6.45, 7) is 4.39. The van der Waals surface area contributed by atoms with Gasteiger partial charge in [-0.25, -0.2) is 0 Å². The molecule has 0 aromatic rings. The molecule has 0 radical (unpaired) electrons. The molecule has 0 spiro atoms. The number of Topliss-reactive ketones (excluding diaryl/α,β-unsaturated/α-hetero) is 2. The van der Waals surface area contributed by atoms with Crippen molar-refractivity contribution < 1.29 is 9.59 Å². The third-order valence-electron chi connectivity index (χ3n) is 4.49. The topological polar surface area (TPSA) is 34.1 Å². The molecule has 0 amide bonds. The van der Waals surface area contributed by atoms with Crippen LogP contribution in [-0.4, -0.2) is 11.6 Å². The highest BCUT2D eigenvalue weighted by molar-refractivity contribution is 6.08. The fraction of sp³-hybridized carbons (Fsp3) is 0.733. The molecular formula is C15H22O2. The van der Waals surface area contributed by atoms with Gasteiger partial charge in [-0.3, -0.25) is 9.59 Å². The fourth-order valence-electron chi connectivity index (χ4n) is 3.10. The minimum absolute atomic E-state index is 0.185. The summed E-state index contributed by atoms with van der Waals surface area (Å²) in [7, 11) is 0. The smallest absolute Gasteiger partial charge is 0.143 e. The van der Waals surface area contributed by atoms with Gasteiger partial charge in [-0.1, -0.05) is 18.6 Å². The number of hydrogen-bond donors (Lipinski definition) is 0. The summed E-state index contributed by atoms with van der Waals surface area (Å²) in [6.07, 6.45) is 7.61. The maximum Gasteiger partial charge on any atom is 0.143 e. The molecule has 17 heavy (non-hydrogen) atoms.